The zero-order valence-corrected chi connectivity index (χ0v) is 14.3. The summed E-state index contributed by atoms with van der Waals surface area (Å²) in [6.45, 7) is 0. The topological polar surface area (TPSA) is 241 Å². The van der Waals surface area contributed by atoms with Crippen molar-refractivity contribution in [1.29, 1.82) is 0 Å². The van der Waals surface area contributed by atoms with Crippen molar-refractivity contribution in [2.24, 2.45) is 0 Å². The summed E-state index contributed by atoms with van der Waals surface area (Å²) in [5.74, 6) is 0. The van der Waals surface area contributed by atoms with Crippen LogP contribution in [0.1, 0.15) is 0 Å². The van der Waals surface area contributed by atoms with Crippen LogP contribution in [0.25, 0.3) is 0 Å². The van der Waals surface area contributed by atoms with Crippen molar-refractivity contribution in [3.05, 3.63) is 0 Å². The average Bonchev–Trinajstić information content (AvgIpc) is 1.41. The van der Waals surface area contributed by atoms with Gasteiger partial charge in [0.1, 0.15) is 0 Å². The Balaban J connectivity index is -0.0000000277. The van der Waals surface area contributed by atoms with Gasteiger partial charge in [-0.1, -0.05) is 0 Å². The number of rotatable bonds is 0. The second-order valence-electron chi connectivity index (χ2n) is 1.22. The summed E-state index contributed by atoms with van der Waals surface area (Å²) in [6.07, 6.45) is 0. The van der Waals surface area contributed by atoms with Gasteiger partial charge in [-0.05, 0) is 0 Å². The summed E-state index contributed by atoms with van der Waals surface area (Å²) in [4.78, 5) is 0. The van der Waals surface area contributed by atoms with Crippen LogP contribution in [0.15, 0.2) is 0 Å². The molecule has 18 heteroatoms. The molecule has 110 valence electrons. The summed E-state index contributed by atoms with van der Waals surface area (Å²) in [5, 5.41) is 0. The minimum Gasteiger partial charge on any atom is -0.759 e. The Labute approximate surface area is 154 Å². The van der Waals surface area contributed by atoms with Crippen LogP contribution in [-0.2, 0) is 65.3 Å². The third-order valence-electron chi connectivity index (χ3n) is 0. The molecule has 0 aliphatic heterocycles. The Bertz CT molecular complexity index is 348. The molecular weight excluding hydrogens is 447 g/mol. The molecule has 12 nitrogen and oxygen atoms in total. The Kier molecular flexibility index (Phi) is 31.3. The monoisotopic (exact) mass is 446 g/mol. The van der Waals surface area contributed by atoms with E-state index < -0.39 is 31.2 Å². The molecule has 0 aliphatic rings. The largest absolute Gasteiger partial charge is 2.00 e. The van der Waals surface area contributed by atoms with E-state index in [0.717, 1.165) is 0 Å². The van der Waals surface area contributed by atoms with Crippen LogP contribution in [0.4, 0.5) is 0 Å². The summed E-state index contributed by atoms with van der Waals surface area (Å²) in [7, 11) is -15.5. The van der Waals surface area contributed by atoms with Crippen molar-refractivity contribution < 1.29 is 86.7 Å². The fourth-order valence-electron chi connectivity index (χ4n) is 0. The standard InChI is InChI=1S/Ca.Cu.Mn.3H2O4S/c;;;3*1-5(2,3)4/h;;;3*(H2,1,2,3,4)/q3*+2;;;/p-6. The molecule has 0 saturated carbocycles. The smallest absolute Gasteiger partial charge is 0.759 e. The maximum absolute atomic E-state index is 8.52. The van der Waals surface area contributed by atoms with Crippen molar-refractivity contribution >= 4 is 68.9 Å². The van der Waals surface area contributed by atoms with E-state index in [1.807, 2.05) is 0 Å². The van der Waals surface area contributed by atoms with Crippen LogP contribution in [0, 0.1) is 0 Å². The first-order valence-electron chi connectivity index (χ1n) is 2.00. The first kappa shape index (κ1) is 36.8. The van der Waals surface area contributed by atoms with Crippen LogP contribution in [0.5, 0.6) is 0 Å². The molecule has 0 bridgehead atoms. The zero-order valence-electron chi connectivity index (χ0n) is 7.51. The van der Waals surface area contributed by atoms with E-state index >= 15 is 0 Å². The van der Waals surface area contributed by atoms with Gasteiger partial charge in [0, 0.05) is 31.2 Å². The van der Waals surface area contributed by atoms with Gasteiger partial charge in [0.25, 0.3) is 0 Å². The van der Waals surface area contributed by atoms with Crippen LogP contribution < -0.4 is 0 Å². The summed E-state index contributed by atoms with van der Waals surface area (Å²) >= 11 is 0. The third-order valence-corrected chi connectivity index (χ3v) is 0. The zero-order chi connectivity index (χ0) is 13.5. The maximum Gasteiger partial charge on any atom is 2.00 e. The average molecular weight is 447 g/mol. The molecule has 0 aromatic rings. The first-order chi connectivity index (χ1) is 6.00. The molecular formula is CaCuMnO12S3. The van der Waals surface area contributed by atoms with Gasteiger partial charge in [-0.3, -0.25) is 25.3 Å². The second-order valence-corrected chi connectivity index (χ2v) is 3.67. The van der Waals surface area contributed by atoms with Gasteiger partial charge in [-0.15, -0.1) is 0 Å². The van der Waals surface area contributed by atoms with Gasteiger partial charge in [-0.2, -0.15) is 0 Å². The van der Waals surface area contributed by atoms with Crippen molar-refractivity contribution in [2.75, 3.05) is 0 Å². The Hall–Kier alpha value is 1.91. The molecule has 0 fully saturated rings. The Morgan fingerprint density at radius 3 is 0.500 bits per heavy atom. The SMILES string of the molecule is O=S(=O)([O-])[O-].O=S(=O)([O-])[O-].O=S(=O)([O-])[O-].[Ca+2].[Cu+2].[Mn+2]. The minimum absolute atomic E-state index is 0. The first-order valence-corrected chi connectivity index (χ1v) is 6.00. The van der Waals surface area contributed by atoms with Crippen LogP contribution in [0.3, 0.4) is 0 Å². The van der Waals surface area contributed by atoms with Crippen molar-refractivity contribution in [1.82, 2.24) is 0 Å². The van der Waals surface area contributed by atoms with E-state index in [2.05, 4.69) is 0 Å². The van der Waals surface area contributed by atoms with Crippen LogP contribution in [0.2, 0.25) is 0 Å². The molecule has 0 N–H and O–H groups in total. The van der Waals surface area contributed by atoms with E-state index in [1.54, 1.807) is 0 Å². The quantitative estimate of drug-likeness (QED) is 0.194. The molecule has 0 rings (SSSR count). The third kappa shape index (κ3) is 1410. The Morgan fingerprint density at radius 2 is 0.500 bits per heavy atom. The Morgan fingerprint density at radius 1 is 0.500 bits per heavy atom. The number of hydrogen-bond donors (Lipinski definition) is 0. The van der Waals surface area contributed by atoms with E-state index in [4.69, 9.17) is 52.6 Å². The summed E-state index contributed by atoms with van der Waals surface area (Å²) in [6, 6.07) is 0. The molecule has 0 saturated heterocycles. The molecule has 18 heavy (non-hydrogen) atoms. The van der Waals surface area contributed by atoms with Gasteiger partial charge >= 0.3 is 71.9 Å². The fourth-order valence-corrected chi connectivity index (χ4v) is 0. The van der Waals surface area contributed by atoms with Crippen molar-refractivity contribution in [3.63, 3.8) is 0 Å². The summed E-state index contributed by atoms with van der Waals surface area (Å²) in [5.41, 5.74) is 0. The van der Waals surface area contributed by atoms with E-state index in [9.17, 15) is 0 Å². The van der Waals surface area contributed by atoms with E-state index in [1.165, 1.54) is 0 Å². The molecule has 0 aliphatic carbocycles. The molecule has 0 amide bonds. The molecule has 0 atom stereocenters. The molecule has 2 radical (unpaired) electrons. The molecule has 0 aromatic heterocycles. The van der Waals surface area contributed by atoms with Gasteiger partial charge < -0.3 is 27.3 Å². The number of hydrogen-bond acceptors (Lipinski definition) is 12. The molecule has 0 spiro atoms. The van der Waals surface area contributed by atoms with Gasteiger partial charge in [0.2, 0.25) is 0 Å². The van der Waals surface area contributed by atoms with Crippen LogP contribution >= 0.6 is 0 Å². The fraction of sp³-hybridized carbons (Fsp3) is 0. The maximum atomic E-state index is 8.52. The normalized spacial score (nSPS) is 9.67. The van der Waals surface area contributed by atoms with Gasteiger partial charge in [0.05, 0.1) is 0 Å². The molecule has 0 unspecified atom stereocenters. The van der Waals surface area contributed by atoms with Crippen molar-refractivity contribution in [2.45, 2.75) is 0 Å². The van der Waals surface area contributed by atoms with Crippen molar-refractivity contribution in [3.8, 4) is 0 Å². The molecule has 0 heterocycles. The van der Waals surface area contributed by atoms with E-state index in [-0.39, 0.29) is 71.9 Å². The van der Waals surface area contributed by atoms with E-state index in [0.29, 0.717) is 0 Å². The molecule has 0 aromatic carbocycles. The predicted octanol–water partition coefficient (Wildman–Crippen LogP) is -4.40. The minimum atomic E-state index is -5.17. The summed E-state index contributed by atoms with van der Waals surface area (Å²) < 4.78 is 102. The predicted molar refractivity (Wildman–Crippen MR) is 37.2 cm³/mol. The second kappa shape index (κ2) is 15.3. The van der Waals surface area contributed by atoms with Gasteiger partial charge in [0.15, 0.2) is 0 Å². The van der Waals surface area contributed by atoms with Gasteiger partial charge in [-0.25, -0.2) is 0 Å². The van der Waals surface area contributed by atoms with Crippen LogP contribution in [-0.4, -0.2) is 90.3 Å².